The lowest BCUT2D eigenvalue weighted by molar-refractivity contribution is -0.384. The maximum Gasteiger partial charge on any atom is 0.338 e. The fraction of sp³-hybridized carbons (Fsp3) is 0.179. The molecule has 0 N–H and O–H groups in total. The van der Waals surface area contributed by atoms with Crippen molar-refractivity contribution in [2.75, 3.05) is 6.61 Å². The Bertz CT molecular complexity index is 1830. The molecule has 1 unspecified atom stereocenters. The van der Waals surface area contributed by atoms with Crippen LogP contribution in [-0.2, 0) is 9.53 Å². The number of benzene rings is 2. The molecular weight excluding hydrogens is 525 g/mol. The fourth-order valence-electron chi connectivity index (χ4n) is 4.46. The van der Waals surface area contributed by atoms with Gasteiger partial charge in [0, 0.05) is 12.1 Å². The summed E-state index contributed by atoms with van der Waals surface area (Å²) in [5.41, 5.74) is 1.65. The number of aryl methyl sites for hydroxylation is 1. The highest BCUT2D eigenvalue weighted by atomic mass is 32.1. The first-order valence-corrected chi connectivity index (χ1v) is 12.8. The highest BCUT2D eigenvalue weighted by molar-refractivity contribution is 7.07. The summed E-state index contributed by atoms with van der Waals surface area (Å²) in [6.07, 6.45) is 1.53. The maximum atomic E-state index is 13.7. The summed E-state index contributed by atoms with van der Waals surface area (Å²) < 4.78 is 26.5. The van der Waals surface area contributed by atoms with Gasteiger partial charge in [-0.1, -0.05) is 29.5 Å². The number of halogens is 1. The molecule has 0 aliphatic carbocycles. The van der Waals surface area contributed by atoms with Gasteiger partial charge in [-0.15, -0.1) is 0 Å². The van der Waals surface area contributed by atoms with Gasteiger partial charge in [0.2, 0.25) is 0 Å². The van der Waals surface area contributed by atoms with Crippen LogP contribution in [0.4, 0.5) is 10.1 Å². The van der Waals surface area contributed by atoms with Crippen LogP contribution in [0.2, 0.25) is 0 Å². The molecule has 0 saturated carbocycles. The zero-order valence-corrected chi connectivity index (χ0v) is 22.0. The third-order valence-electron chi connectivity index (χ3n) is 6.22. The molecule has 2 aromatic heterocycles. The zero-order valence-electron chi connectivity index (χ0n) is 21.1. The highest BCUT2D eigenvalue weighted by Gasteiger charge is 2.33. The number of allylic oxidation sites excluding steroid dienone is 1. The molecule has 5 rings (SSSR count). The van der Waals surface area contributed by atoms with Gasteiger partial charge in [-0.3, -0.25) is 19.5 Å². The van der Waals surface area contributed by atoms with Crippen LogP contribution in [0, 0.1) is 22.9 Å². The Morgan fingerprint density at radius 2 is 1.95 bits per heavy atom. The van der Waals surface area contributed by atoms with E-state index in [1.54, 1.807) is 45.0 Å². The second-order valence-electron chi connectivity index (χ2n) is 8.83. The van der Waals surface area contributed by atoms with Gasteiger partial charge in [-0.05, 0) is 62.2 Å². The Balaban J connectivity index is 1.63. The van der Waals surface area contributed by atoms with Crippen LogP contribution in [0.5, 0.6) is 0 Å². The summed E-state index contributed by atoms with van der Waals surface area (Å²) in [5.74, 6) is -0.472. The molecule has 1 atom stereocenters. The van der Waals surface area contributed by atoms with E-state index in [4.69, 9.17) is 9.15 Å². The monoisotopic (exact) mass is 547 g/mol. The fourth-order valence-corrected chi connectivity index (χ4v) is 5.48. The number of hydrogen-bond acceptors (Lipinski definition) is 8. The lowest BCUT2D eigenvalue weighted by Gasteiger charge is -2.24. The van der Waals surface area contributed by atoms with Gasteiger partial charge in [-0.25, -0.2) is 14.2 Å². The van der Waals surface area contributed by atoms with Gasteiger partial charge in [0.25, 0.3) is 11.2 Å². The largest absolute Gasteiger partial charge is 0.463 e. The third-order valence-corrected chi connectivity index (χ3v) is 7.20. The van der Waals surface area contributed by atoms with Crippen LogP contribution in [0.3, 0.4) is 0 Å². The molecule has 9 nitrogen and oxygen atoms in total. The van der Waals surface area contributed by atoms with Gasteiger partial charge >= 0.3 is 5.97 Å². The first kappa shape index (κ1) is 26.0. The topological polar surface area (TPSA) is 117 Å². The quantitative estimate of drug-likeness (QED) is 0.201. The summed E-state index contributed by atoms with van der Waals surface area (Å²) in [7, 11) is 0. The number of esters is 1. The van der Waals surface area contributed by atoms with Gasteiger partial charge in [-0.2, -0.15) is 0 Å². The van der Waals surface area contributed by atoms with Gasteiger partial charge < -0.3 is 9.15 Å². The van der Waals surface area contributed by atoms with Crippen LogP contribution >= 0.6 is 11.3 Å². The Labute approximate surface area is 225 Å². The molecule has 39 heavy (non-hydrogen) atoms. The first-order chi connectivity index (χ1) is 18.7. The number of hydrogen-bond donors (Lipinski definition) is 0. The van der Waals surface area contributed by atoms with Crippen molar-refractivity contribution >= 4 is 29.1 Å². The number of carbonyl (C=O) groups excluding carboxylic acids is 1. The van der Waals surface area contributed by atoms with Crippen LogP contribution in [0.15, 0.2) is 80.1 Å². The number of fused-ring (bicyclic) bond motifs is 1. The predicted molar refractivity (Wildman–Crippen MR) is 142 cm³/mol. The zero-order chi connectivity index (χ0) is 27.8. The number of ether oxygens (including phenoxy) is 1. The maximum absolute atomic E-state index is 13.7. The minimum atomic E-state index is -0.870. The molecule has 3 heterocycles. The van der Waals surface area contributed by atoms with E-state index in [0.29, 0.717) is 27.4 Å². The van der Waals surface area contributed by atoms with E-state index in [-0.39, 0.29) is 28.2 Å². The molecule has 0 fully saturated rings. The van der Waals surface area contributed by atoms with Crippen molar-refractivity contribution in [1.29, 1.82) is 0 Å². The second-order valence-corrected chi connectivity index (χ2v) is 9.84. The van der Waals surface area contributed by atoms with Crippen molar-refractivity contribution in [1.82, 2.24) is 4.57 Å². The Kier molecular flexibility index (Phi) is 6.83. The summed E-state index contributed by atoms with van der Waals surface area (Å²) in [6.45, 7) is 5.24. The number of thiazole rings is 1. The van der Waals surface area contributed by atoms with E-state index in [2.05, 4.69) is 4.99 Å². The second kappa shape index (κ2) is 10.3. The van der Waals surface area contributed by atoms with Gasteiger partial charge in [0.1, 0.15) is 17.3 Å². The van der Waals surface area contributed by atoms with Crippen molar-refractivity contribution in [2.24, 2.45) is 4.99 Å². The lowest BCUT2D eigenvalue weighted by Crippen LogP contribution is -2.39. The van der Waals surface area contributed by atoms with E-state index >= 15 is 0 Å². The molecule has 1 aliphatic rings. The van der Waals surface area contributed by atoms with Gasteiger partial charge in [0.15, 0.2) is 4.80 Å². The molecule has 4 aromatic rings. The molecule has 198 valence electrons. The van der Waals surface area contributed by atoms with E-state index in [9.17, 15) is 24.1 Å². The van der Waals surface area contributed by atoms with E-state index in [1.807, 2.05) is 0 Å². The number of carbonyl (C=O) groups is 1. The average Bonchev–Trinajstić information content (AvgIpc) is 3.48. The molecule has 0 radical (unpaired) electrons. The molecule has 2 aromatic carbocycles. The minimum Gasteiger partial charge on any atom is -0.463 e. The van der Waals surface area contributed by atoms with E-state index < -0.39 is 28.3 Å². The molecule has 0 bridgehead atoms. The van der Waals surface area contributed by atoms with Crippen molar-refractivity contribution in [3.8, 4) is 11.3 Å². The molecule has 0 saturated heterocycles. The van der Waals surface area contributed by atoms with E-state index in [1.165, 1.54) is 41.0 Å². The lowest BCUT2D eigenvalue weighted by atomic mass is 9.96. The van der Waals surface area contributed by atoms with E-state index in [0.717, 1.165) is 16.9 Å². The van der Waals surface area contributed by atoms with Gasteiger partial charge in [0.05, 0.1) is 38.9 Å². The van der Waals surface area contributed by atoms with Crippen LogP contribution < -0.4 is 14.9 Å². The smallest absolute Gasteiger partial charge is 0.338 e. The molecule has 0 spiro atoms. The first-order valence-electron chi connectivity index (χ1n) is 12.0. The molecule has 0 amide bonds. The Hall–Kier alpha value is -4.64. The average molecular weight is 548 g/mol. The normalized spacial score (nSPS) is 15.2. The van der Waals surface area contributed by atoms with Crippen molar-refractivity contribution in [3.05, 3.63) is 118 Å². The summed E-state index contributed by atoms with van der Waals surface area (Å²) >= 11 is 1.10. The van der Waals surface area contributed by atoms with Crippen molar-refractivity contribution < 1.29 is 23.3 Å². The number of nitro groups is 1. The summed E-state index contributed by atoms with van der Waals surface area (Å²) in [4.78, 5) is 42.5. The van der Waals surface area contributed by atoms with Crippen LogP contribution in [0.1, 0.15) is 36.8 Å². The highest BCUT2D eigenvalue weighted by Crippen LogP contribution is 2.33. The summed E-state index contributed by atoms with van der Waals surface area (Å²) in [5, 5.41) is 11.6. The number of nitro benzene ring substituents is 1. The predicted octanol–water partition coefficient (Wildman–Crippen LogP) is 4.41. The molecular formula is C28H22FN3O6S. The number of nitrogens with zero attached hydrogens (tertiary/aromatic N) is 3. The molecule has 11 heteroatoms. The number of aromatic nitrogens is 1. The SMILES string of the molecule is CCOC(=O)C1=C(C)N=c2s/c(=C\c3ccc(-c4ccc(C)cc4[N+](=O)[O-])o3)c(=O)n2C1c1ccc(F)cc1. The van der Waals surface area contributed by atoms with Crippen LogP contribution in [0.25, 0.3) is 17.4 Å². The Morgan fingerprint density at radius 1 is 1.21 bits per heavy atom. The van der Waals surface area contributed by atoms with Crippen LogP contribution in [-0.4, -0.2) is 22.1 Å². The molecule has 1 aliphatic heterocycles. The number of rotatable bonds is 6. The third kappa shape index (κ3) is 4.84. The number of furan rings is 1. The Morgan fingerprint density at radius 3 is 2.64 bits per heavy atom. The van der Waals surface area contributed by atoms with Crippen molar-refractivity contribution in [2.45, 2.75) is 26.8 Å². The standard InChI is InChI=1S/C28H22FN3O6S/c1-4-37-27(34)24-16(3)30-28-31(25(24)17-6-8-18(29)9-7-17)26(33)23(39-28)14-19-10-12-22(38-19)20-11-5-15(2)13-21(20)32(35)36/h5-14,25H,4H2,1-3H3/b23-14-. The minimum absolute atomic E-state index is 0.0865. The summed E-state index contributed by atoms with van der Waals surface area (Å²) in [6, 6.07) is 12.7. The van der Waals surface area contributed by atoms with Crippen molar-refractivity contribution in [3.63, 3.8) is 0 Å².